The van der Waals surface area contributed by atoms with E-state index in [-0.39, 0.29) is 5.92 Å². The highest BCUT2D eigenvalue weighted by Crippen LogP contribution is 2.42. The zero-order valence-corrected chi connectivity index (χ0v) is 14.6. The molecule has 0 radical (unpaired) electrons. The largest absolute Gasteiger partial charge is 0.380 e. The zero-order valence-electron chi connectivity index (χ0n) is 14.6. The molecule has 1 amide bonds. The fourth-order valence-corrected chi connectivity index (χ4v) is 4.78. The zero-order chi connectivity index (χ0) is 16.2. The fourth-order valence-electron chi connectivity index (χ4n) is 4.78. The first kappa shape index (κ1) is 17.2. The highest BCUT2D eigenvalue weighted by molar-refractivity contribution is 5.79. The van der Waals surface area contributed by atoms with Crippen LogP contribution in [0.4, 0.5) is 0 Å². The van der Waals surface area contributed by atoms with Gasteiger partial charge in [-0.1, -0.05) is 6.42 Å². The number of amides is 1. The van der Waals surface area contributed by atoms with Gasteiger partial charge >= 0.3 is 0 Å². The molecule has 2 saturated carbocycles. The molecular weight excluding hydrogens is 290 g/mol. The van der Waals surface area contributed by atoms with Gasteiger partial charge in [-0.25, -0.2) is 0 Å². The van der Waals surface area contributed by atoms with Crippen molar-refractivity contribution in [2.45, 2.75) is 45.1 Å². The van der Waals surface area contributed by atoms with Crippen LogP contribution < -0.4 is 5.73 Å². The van der Waals surface area contributed by atoms with E-state index in [9.17, 15) is 4.79 Å². The quantitative estimate of drug-likeness (QED) is 0.775. The van der Waals surface area contributed by atoms with Crippen molar-refractivity contribution in [2.24, 2.45) is 23.5 Å². The Morgan fingerprint density at radius 3 is 2.39 bits per heavy atom. The van der Waals surface area contributed by atoms with E-state index in [1.165, 1.54) is 19.3 Å². The van der Waals surface area contributed by atoms with Gasteiger partial charge in [0.1, 0.15) is 0 Å². The summed E-state index contributed by atoms with van der Waals surface area (Å²) < 4.78 is 5.42. The summed E-state index contributed by atoms with van der Waals surface area (Å²) in [6.07, 6.45) is 5.82. The van der Waals surface area contributed by atoms with Crippen LogP contribution in [0.1, 0.15) is 39.0 Å². The molecule has 1 heterocycles. The summed E-state index contributed by atoms with van der Waals surface area (Å²) in [6, 6.07) is 0.350. The Morgan fingerprint density at radius 1 is 1.13 bits per heavy atom. The SMILES string of the molecule is CCOCCN1CCN(C(=O)C2CC3CCCC(C2)C3N)CC1. The molecular formula is C18H33N3O2. The van der Waals surface area contributed by atoms with Crippen LogP contribution in [-0.2, 0) is 9.53 Å². The molecule has 5 nitrogen and oxygen atoms in total. The number of rotatable bonds is 5. The minimum Gasteiger partial charge on any atom is -0.380 e. The van der Waals surface area contributed by atoms with Crippen molar-refractivity contribution in [1.82, 2.24) is 9.80 Å². The van der Waals surface area contributed by atoms with Gasteiger partial charge in [0.25, 0.3) is 0 Å². The summed E-state index contributed by atoms with van der Waals surface area (Å²) in [5.41, 5.74) is 6.36. The van der Waals surface area contributed by atoms with E-state index in [4.69, 9.17) is 10.5 Å². The van der Waals surface area contributed by atoms with E-state index >= 15 is 0 Å². The predicted molar refractivity (Wildman–Crippen MR) is 91.0 cm³/mol. The van der Waals surface area contributed by atoms with Gasteiger partial charge in [-0.2, -0.15) is 0 Å². The number of hydrogen-bond acceptors (Lipinski definition) is 4. The topological polar surface area (TPSA) is 58.8 Å². The third kappa shape index (κ3) is 4.06. The van der Waals surface area contributed by atoms with Crippen LogP contribution >= 0.6 is 0 Å². The predicted octanol–water partition coefficient (Wildman–Crippen LogP) is 1.32. The Balaban J connectivity index is 1.46. The molecule has 1 aliphatic heterocycles. The number of ether oxygens (including phenoxy) is 1. The Kier molecular flexibility index (Phi) is 5.94. The van der Waals surface area contributed by atoms with Crippen molar-refractivity contribution < 1.29 is 9.53 Å². The molecule has 2 bridgehead atoms. The minimum absolute atomic E-state index is 0.236. The second kappa shape index (κ2) is 7.95. The van der Waals surface area contributed by atoms with Crippen LogP contribution in [0, 0.1) is 17.8 Å². The molecule has 2 N–H and O–H groups in total. The normalized spacial score (nSPS) is 35.3. The van der Waals surface area contributed by atoms with E-state index in [1.807, 2.05) is 6.92 Å². The van der Waals surface area contributed by atoms with E-state index < -0.39 is 0 Å². The molecule has 1 saturated heterocycles. The number of fused-ring (bicyclic) bond motifs is 2. The summed E-state index contributed by atoms with van der Waals surface area (Å²) >= 11 is 0. The minimum atomic E-state index is 0.236. The lowest BCUT2D eigenvalue weighted by Crippen LogP contribution is -2.54. The molecule has 3 rings (SSSR count). The number of nitrogens with two attached hydrogens (primary N) is 1. The first-order valence-corrected chi connectivity index (χ1v) is 9.53. The third-order valence-electron chi connectivity index (χ3n) is 6.20. The highest BCUT2D eigenvalue weighted by atomic mass is 16.5. The molecule has 2 unspecified atom stereocenters. The van der Waals surface area contributed by atoms with Crippen LogP contribution in [0.15, 0.2) is 0 Å². The van der Waals surface area contributed by atoms with E-state index in [1.54, 1.807) is 0 Å². The van der Waals surface area contributed by atoms with Gasteiger partial charge in [-0.15, -0.1) is 0 Å². The summed E-state index contributed by atoms with van der Waals surface area (Å²) in [5.74, 6) is 1.81. The van der Waals surface area contributed by atoms with Gasteiger partial charge in [0.05, 0.1) is 6.61 Å². The maximum Gasteiger partial charge on any atom is 0.225 e. The van der Waals surface area contributed by atoms with Crippen LogP contribution in [0.3, 0.4) is 0 Å². The second-order valence-electron chi connectivity index (χ2n) is 7.56. The molecule has 0 aromatic carbocycles. The fraction of sp³-hybridized carbons (Fsp3) is 0.944. The Morgan fingerprint density at radius 2 is 1.78 bits per heavy atom. The molecule has 0 spiro atoms. The average molecular weight is 323 g/mol. The third-order valence-corrected chi connectivity index (χ3v) is 6.20. The summed E-state index contributed by atoms with van der Waals surface area (Å²) in [4.78, 5) is 17.4. The van der Waals surface area contributed by atoms with Crippen molar-refractivity contribution in [2.75, 3.05) is 45.9 Å². The lowest BCUT2D eigenvalue weighted by molar-refractivity contribution is -0.140. The maximum absolute atomic E-state index is 12.9. The Bertz CT molecular complexity index is 382. The van der Waals surface area contributed by atoms with Crippen molar-refractivity contribution in [3.63, 3.8) is 0 Å². The average Bonchev–Trinajstić information content (AvgIpc) is 2.55. The van der Waals surface area contributed by atoms with E-state index in [2.05, 4.69) is 9.80 Å². The Hall–Kier alpha value is -0.650. The van der Waals surface area contributed by atoms with Crippen LogP contribution in [-0.4, -0.2) is 67.7 Å². The van der Waals surface area contributed by atoms with Gasteiger partial charge in [0, 0.05) is 51.3 Å². The molecule has 3 aliphatic rings. The number of nitrogens with zero attached hydrogens (tertiary/aromatic N) is 2. The van der Waals surface area contributed by atoms with Gasteiger partial charge in [0.15, 0.2) is 0 Å². The second-order valence-corrected chi connectivity index (χ2v) is 7.56. The lowest BCUT2D eigenvalue weighted by atomic mass is 9.65. The standard InChI is InChI=1S/C18H33N3O2/c1-2-23-11-10-20-6-8-21(9-7-20)18(22)16-12-14-4-3-5-15(13-16)17(14)19/h14-17H,2-13,19H2,1H3. The molecule has 0 aromatic heterocycles. The first-order valence-electron chi connectivity index (χ1n) is 9.53. The lowest BCUT2D eigenvalue weighted by Gasteiger charge is -2.45. The molecule has 2 aliphatic carbocycles. The van der Waals surface area contributed by atoms with Gasteiger partial charge in [-0.3, -0.25) is 9.69 Å². The van der Waals surface area contributed by atoms with E-state index in [0.717, 1.165) is 58.8 Å². The van der Waals surface area contributed by atoms with Crippen molar-refractivity contribution in [3.8, 4) is 0 Å². The van der Waals surface area contributed by atoms with Gasteiger partial charge in [0.2, 0.25) is 5.91 Å². The van der Waals surface area contributed by atoms with E-state index in [0.29, 0.717) is 23.8 Å². The number of hydrogen-bond donors (Lipinski definition) is 1. The van der Waals surface area contributed by atoms with Gasteiger partial charge in [-0.05, 0) is 44.4 Å². The molecule has 5 heteroatoms. The summed E-state index contributed by atoms with van der Waals surface area (Å²) in [5, 5.41) is 0. The number of carbonyl (C=O) groups excluding carboxylic acids is 1. The monoisotopic (exact) mass is 323 g/mol. The Labute approximate surface area is 140 Å². The smallest absolute Gasteiger partial charge is 0.225 e. The van der Waals surface area contributed by atoms with Crippen LogP contribution in [0.5, 0.6) is 0 Å². The van der Waals surface area contributed by atoms with Crippen molar-refractivity contribution >= 4 is 5.91 Å². The molecule has 0 aromatic rings. The van der Waals surface area contributed by atoms with Gasteiger partial charge < -0.3 is 15.4 Å². The highest BCUT2D eigenvalue weighted by Gasteiger charge is 2.41. The first-order chi connectivity index (χ1) is 11.2. The summed E-state index contributed by atoms with van der Waals surface area (Å²) in [6.45, 7) is 8.32. The molecule has 3 fully saturated rings. The number of piperazine rings is 1. The molecule has 23 heavy (non-hydrogen) atoms. The van der Waals surface area contributed by atoms with Crippen molar-refractivity contribution in [1.29, 1.82) is 0 Å². The maximum atomic E-state index is 12.9. The molecule has 2 atom stereocenters. The number of carbonyl (C=O) groups is 1. The van der Waals surface area contributed by atoms with Crippen LogP contribution in [0.25, 0.3) is 0 Å². The van der Waals surface area contributed by atoms with Crippen LogP contribution in [0.2, 0.25) is 0 Å². The summed E-state index contributed by atoms with van der Waals surface area (Å²) in [7, 11) is 0. The molecule has 132 valence electrons. The van der Waals surface area contributed by atoms with Crippen molar-refractivity contribution in [3.05, 3.63) is 0 Å².